The minimum absolute atomic E-state index is 0.147. The van der Waals surface area contributed by atoms with Gasteiger partial charge in [0.15, 0.2) is 0 Å². The van der Waals surface area contributed by atoms with Crippen LogP contribution in [0.5, 0.6) is 0 Å². The van der Waals surface area contributed by atoms with Crippen LogP contribution in [0.1, 0.15) is 40.0 Å². The first kappa shape index (κ1) is 22.5. The van der Waals surface area contributed by atoms with Gasteiger partial charge in [-0.2, -0.15) is 0 Å². The van der Waals surface area contributed by atoms with Crippen molar-refractivity contribution in [3.8, 4) is 0 Å². The van der Waals surface area contributed by atoms with Gasteiger partial charge in [-0.3, -0.25) is 0 Å². The summed E-state index contributed by atoms with van der Waals surface area (Å²) in [5, 5.41) is 11.3. The van der Waals surface area contributed by atoms with E-state index in [0.29, 0.717) is 6.61 Å². The zero-order chi connectivity index (χ0) is 21.8. The Morgan fingerprint density at radius 2 is 1.50 bits per heavy atom. The van der Waals surface area contributed by atoms with Crippen molar-refractivity contribution in [2.45, 2.75) is 50.7 Å². The summed E-state index contributed by atoms with van der Waals surface area (Å²) in [6.45, 7) is 7.41. The summed E-state index contributed by atoms with van der Waals surface area (Å²) in [6.07, 6.45) is -0.238. The number of alkyl halides is 1. The molecule has 162 valence electrons. The standard InChI is InChI=1S/C24H32FNO3Si/c1-23(2,3)30(20-10-6-4-7-11-20,21-12-8-5-9-13-21)29-19-16-24(25)14-17-26(18-15-24)22(27)28/h4-13H,14-19H2,1-3H3,(H,27,28). The predicted molar refractivity (Wildman–Crippen MR) is 121 cm³/mol. The van der Waals surface area contributed by atoms with Gasteiger partial charge in [-0.05, 0) is 28.3 Å². The molecular formula is C24H32FNO3Si. The van der Waals surface area contributed by atoms with Crippen molar-refractivity contribution in [3.05, 3.63) is 60.7 Å². The molecule has 0 radical (unpaired) electrons. The Hall–Kier alpha value is -2.18. The molecule has 0 aliphatic carbocycles. The highest BCUT2D eigenvalue weighted by Crippen LogP contribution is 2.38. The summed E-state index contributed by atoms with van der Waals surface area (Å²) in [6, 6.07) is 20.7. The van der Waals surface area contributed by atoms with E-state index in [1.54, 1.807) is 0 Å². The highest BCUT2D eigenvalue weighted by Gasteiger charge is 2.50. The van der Waals surface area contributed by atoms with Crippen LogP contribution >= 0.6 is 0 Å². The number of carboxylic acid groups (broad SMARTS) is 1. The molecule has 2 aromatic rings. The first-order valence-electron chi connectivity index (χ1n) is 10.6. The second-order valence-electron chi connectivity index (χ2n) is 9.18. The third-order valence-corrected chi connectivity index (χ3v) is 11.3. The Bertz CT molecular complexity index is 791. The second kappa shape index (κ2) is 8.90. The second-order valence-corrected chi connectivity index (χ2v) is 13.5. The Kier molecular flexibility index (Phi) is 6.67. The fraction of sp³-hybridized carbons (Fsp3) is 0.458. The van der Waals surface area contributed by atoms with E-state index < -0.39 is 20.1 Å². The molecule has 1 amide bonds. The molecule has 1 aliphatic heterocycles. The van der Waals surface area contributed by atoms with Crippen LogP contribution in [0.3, 0.4) is 0 Å². The van der Waals surface area contributed by atoms with E-state index in [1.165, 1.54) is 15.3 Å². The topological polar surface area (TPSA) is 49.8 Å². The van der Waals surface area contributed by atoms with Gasteiger partial charge >= 0.3 is 6.09 Å². The summed E-state index contributed by atoms with van der Waals surface area (Å²) in [4.78, 5) is 12.4. The van der Waals surface area contributed by atoms with Gasteiger partial charge in [-0.15, -0.1) is 0 Å². The van der Waals surface area contributed by atoms with Gasteiger partial charge in [0.05, 0.1) is 0 Å². The number of hydrogen-bond donors (Lipinski definition) is 1. The summed E-state index contributed by atoms with van der Waals surface area (Å²) in [7, 11) is -2.67. The molecule has 0 aromatic heterocycles. The zero-order valence-corrected chi connectivity index (χ0v) is 19.1. The van der Waals surface area contributed by atoms with E-state index in [2.05, 4.69) is 45.0 Å². The lowest BCUT2D eigenvalue weighted by atomic mass is 9.90. The van der Waals surface area contributed by atoms with E-state index in [0.717, 1.165) is 0 Å². The molecular weight excluding hydrogens is 397 g/mol. The molecule has 2 aromatic carbocycles. The van der Waals surface area contributed by atoms with Crippen molar-refractivity contribution in [1.82, 2.24) is 4.90 Å². The van der Waals surface area contributed by atoms with Crippen molar-refractivity contribution >= 4 is 24.8 Å². The smallest absolute Gasteiger partial charge is 0.407 e. The molecule has 6 heteroatoms. The molecule has 1 N–H and O–H groups in total. The lowest BCUT2D eigenvalue weighted by molar-refractivity contribution is 0.0397. The summed E-state index contributed by atoms with van der Waals surface area (Å²) >= 11 is 0. The van der Waals surface area contributed by atoms with Crippen molar-refractivity contribution in [1.29, 1.82) is 0 Å². The molecule has 0 bridgehead atoms. The normalized spacial score (nSPS) is 17.0. The minimum atomic E-state index is -2.67. The number of likely N-dealkylation sites (tertiary alicyclic amines) is 1. The molecule has 0 spiro atoms. The fourth-order valence-electron chi connectivity index (χ4n) is 4.50. The van der Waals surface area contributed by atoms with Crippen LogP contribution < -0.4 is 10.4 Å². The largest absolute Gasteiger partial charge is 0.465 e. The van der Waals surface area contributed by atoms with Crippen LogP contribution in [0.4, 0.5) is 9.18 Å². The van der Waals surface area contributed by atoms with Crippen molar-refractivity contribution in [2.75, 3.05) is 19.7 Å². The number of piperidine rings is 1. The van der Waals surface area contributed by atoms with E-state index in [-0.39, 0.29) is 37.4 Å². The number of hydrogen-bond acceptors (Lipinski definition) is 2. The van der Waals surface area contributed by atoms with E-state index in [9.17, 15) is 4.79 Å². The molecule has 0 atom stereocenters. The molecule has 30 heavy (non-hydrogen) atoms. The number of carbonyl (C=O) groups is 1. The summed E-state index contributed by atoms with van der Waals surface area (Å²) < 4.78 is 22.2. The Morgan fingerprint density at radius 1 is 1.03 bits per heavy atom. The van der Waals surface area contributed by atoms with Crippen LogP contribution in [0, 0.1) is 0 Å². The maximum Gasteiger partial charge on any atom is 0.407 e. The van der Waals surface area contributed by atoms with E-state index >= 15 is 4.39 Å². The predicted octanol–water partition coefficient (Wildman–Crippen LogP) is 4.44. The van der Waals surface area contributed by atoms with Gasteiger partial charge in [0.1, 0.15) is 5.67 Å². The summed E-state index contributed by atoms with van der Waals surface area (Å²) in [5.41, 5.74) is -1.38. The lowest BCUT2D eigenvalue weighted by Gasteiger charge is -2.44. The maximum atomic E-state index is 15.4. The minimum Gasteiger partial charge on any atom is -0.465 e. The van der Waals surface area contributed by atoms with Crippen LogP contribution in [-0.4, -0.2) is 49.8 Å². The zero-order valence-electron chi connectivity index (χ0n) is 18.1. The molecule has 0 saturated carbocycles. The van der Waals surface area contributed by atoms with E-state index in [1.807, 2.05) is 36.4 Å². The number of benzene rings is 2. The Labute approximate surface area is 179 Å². The number of rotatable bonds is 6. The lowest BCUT2D eigenvalue weighted by Crippen LogP contribution is -2.66. The molecule has 1 fully saturated rings. The van der Waals surface area contributed by atoms with E-state index in [4.69, 9.17) is 9.53 Å². The van der Waals surface area contributed by atoms with Crippen molar-refractivity contribution in [3.63, 3.8) is 0 Å². The van der Waals surface area contributed by atoms with Gasteiger partial charge in [0.2, 0.25) is 0 Å². The summed E-state index contributed by atoms with van der Waals surface area (Å²) in [5.74, 6) is 0. The highest BCUT2D eigenvalue weighted by atomic mass is 28.4. The molecule has 4 nitrogen and oxygen atoms in total. The first-order valence-corrected chi connectivity index (χ1v) is 12.5. The third kappa shape index (κ3) is 4.60. The van der Waals surface area contributed by atoms with Gasteiger partial charge < -0.3 is 14.4 Å². The van der Waals surface area contributed by atoms with Crippen molar-refractivity contribution < 1.29 is 18.7 Å². The van der Waals surface area contributed by atoms with Crippen LogP contribution in [0.15, 0.2) is 60.7 Å². The van der Waals surface area contributed by atoms with Gasteiger partial charge in [0, 0.05) is 26.1 Å². The first-order chi connectivity index (χ1) is 14.2. The highest BCUT2D eigenvalue weighted by molar-refractivity contribution is 6.99. The fourth-order valence-corrected chi connectivity index (χ4v) is 9.06. The van der Waals surface area contributed by atoms with Gasteiger partial charge in [-0.25, -0.2) is 9.18 Å². The number of amides is 1. The molecule has 3 rings (SSSR count). The van der Waals surface area contributed by atoms with Crippen molar-refractivity contribution in [2.24, 2.45) is 0 Å². The molecule has 1 heterocycles. The quantitative estimate of drug-likeness (QED) is 0.691. The molecule has 1 aliphatic rings. The Morgan fingerprint density at radius 3 is 1.90 bits per heavy atom. The van der Waals surface area contributed by atoms with Crippen LogP contribution in [-0.2, 0) is 4.43 Å². The molecule has 1 saturated heterocycles. The SMILES string of the molecule is CC(C)(C)[Si](OCCC1(F)CCN(C(=O)O)CC1)(c1ccccc1)c1ccccc1. The maximum absolute atomic E-state index is 15.4. The Balaban J connectivity index is 1.85. The van der Waals surface area contributed by atoms with Gasteiger partial charge in [-0.1, -0.05) is 81.4 Å². The van der Waals surface area contributed by atoms with Gasteiger partial charge in [0.25, 0.3) is 8.32 Å². The monoisotopic (exact) mass is 429 g/mol. The average molecular weight is 430 g/mol. The molecule has 0 unspecified atom stereocenters. The van der Waals surface area contributed by atoms with Crippen LogP contribution in [0.25, 0.3) is 0 Å². The average Bonchev–Trinajstić information content (AvgIpc) is 2.72. The number of nitrogens with zero attached hydrogens (tertiary/aromatic N) is 1. The van der Waals surface area contributed by atoms with Crippen LogP contribution in [0.2, 0.25) is 5.04 Å². The third-order valence-electron chi connectivity index (χ3n) is 6.22. The number of halogens is 1.